The number of aldehydes is 1. The molecule has 2 aliphatic rings. The molecule has 0 bridgehead atoms. The number of hydrogen-bond acceptors (Lipinski definition) is 1. The molecular weight excluding hydrogens is 160 g/mol. The SMILES string of the molecule is CC12CCCCC1C2(Cl)C=O. The minimum atomic E-state index is -0.483. The first-order valence-electron chi connectivity index (χ1n) is 4.30. The van der Waals surface area contributed by atoms with Gasteiger partial charge in [0.05, 0.1) is 0 Å². The second kappa shape index (κ2) is 2.01. The monoisotopic (exact) mass is 172 g/mol. The van der Waals surface area contributed by atoms with E-state index in [9.17, 15) is 4.79 Å². The summed E-state index contributed by atoms with van der Waals surface area (Å²) in [5.41, 5.74) is 0.147. The van der Waals surface area contributed by atoms with Gasteiger partial charge in [-0.05, 0) is 24.2 Å². The summed E-state index contributed by atoms with van der Waals surface area (Å²) in [5, 5.41) is 0. The van der Waals surface area contributed by atoms with Crippen LogP contribution < -0.4 is 0 Å². The standard InChI is InChI=1S/C9H13ClO/c1-8-5-3-2-4-7(8)9(8,10)6-11/h6-7H,2-5H2,1H3. The molecule has 2 rings (SSSR count). The molecular formula is C9H13ClO. The Morgan fingerprint density at radius 1 is 1.55 bits per heavy atom. The maximum atomic E-state index is 10.7. The molecule has 2 heteroatoms. The molecule has 0 aliphatic heterocycles. The van der Waals surface area contributed by atoms with Gasteiger partial charge in [0.2, 0.25) is 0 Å². The molecule has 0 aromatic heterocycles. The topological polar surface area (TPSA) is 17.1 Å². The summed E-state index contributed by atoms with van der Waals surface area (Å²) in [6, 6.07) is 0. The van der Waals surface area contributed by atoms with Crippen molar-refractivity contribution in [1.82, 2.24) is 0 Å². The molecule has 0 aromatic carbocycles. The lowest BCUT2D eigenvalue weighted by Crippen LogP contribution is -2.12. The molecule has 0 aromatic rings. The molecule has 0 radical (unpaired) electrons. The number of rotatable bonds is 1. The average Bonchev–Trinajstić information content (AvgIpc) is 2.52. The molecule has 11 heavy (non-hydrogen) atoms. The highest BCUT2D eigenvalue weighted by Crippen LogP contribution is 2.71. The molecule has 3 unspecified atom stereocenters. The molecule has 0 amide bonds. The zero-order chi connectivity index (χ0) is 8.11. The fourth-order valence-electron chi connectivity index (χ4n) is 2.71. The second-order valence-corrected chi connectivity index (χ2v) is 4.73. The van der Waals surface area contributed by atoms with Gasteiger partial charge in [-0.1, -0.05) is 19.8 Å². The van der Waals surface area contributed by atoms with Crippen LogP contribution in [0.1, 0.15) is 32.6 Å². The van der Waals surface area contributed by atoms with Crippen LogP contribution in [0, 0.1) is 11.3 Å². The summed E-state index contributed by atoms with van der Waals surface area (Å²) in [7, 11) is 0. The van der Waals surface area contributed by atoms with Crippen molar-refractivity contribution in [3.8, 4) is 0 Å². The van der Waals surface area contributed by atoms with Crippen molar-refractivity contribution in [3.05, 3.63) is 0 Å². The molecule has 0 heterocycles. The molecule has 0 saturated heterocycles. The largest absolute Gasteiger partial charge is 0.301 e. The highest BCUT2D eigenvalue weighted by atomic mass is 35.5. The maximum Gasteiger partial charge on any atom is 0.141 e. The van der Waals surface area contributed by atoms with Crippen LogP contribution in [0.3, 0.4) is 0 Å². The number of carbonyl (C=O) groups excluding carboxylic acids is 1. The van der Waals surface area contributed by atoms with Gasteiger partial charge in [-0.25, -0.2) is 0 Å². The lowest BCUT2D eigenvalue weighted by atomic mass is 9.90. The van der Waals surface area contributed by atoms with Crippen molar-refractivity contribution in [2.75, 3.05) is 0 Å². The van der Waals surface area contributed by atoms with Gasteiger partial charge in [-0.3, -0.25) is 0 Å². The maximum absolute atomic E-state index is 10.7. The van der Waals surface area contributed by atoms with Crippen molar-refractivity contribution in [1.29, 1.82) is 0 Å². The van der Waals surface area contributed by atoms with Crippen LogP contribution in [0.25, 0.3) is 0 Å². The first-order chi connectivity index (χ1) is 5.15. The Morgan fingerprint density at radius 2 is 2.27 bits per heavy atom. The molecule has 0 spiro atoms. The highest BCUT2D eigenvalue weighted by Gasteiger charge is 2.73. The Kier molecular flexibility index (Phi) is 1.39. The third-order valence-electron chi connectivity index (χ3n) is 3.68. The Balaban J connectivity index is 2.24. The Morgan fingerprint density at radius 3 is 2.73 bits per heavy atom. The predicted molar refractivity (Wildman–Crippen MR) is 44.7 cm³/mol. The summed E-state index contributed by atoms with van der Waals surface area (Å²) in [6.45, 7) is 2.15. The van der Waals surface area contributed by atoms with Crippen molar-refractivity contribution < 1.29 is 4.79 Å². The first kappa shape index (κ1) is 7.60. The van der Waals surface area contributed by atoms with Crippen molar-refractivity contribution in [2.45, 2.75) is 37.5 Å². The van der Waals surface area contributed by atoms with E-state index >= 15 is 0 Å². The van der Waals surface area contributed by atoms with E-state index in [2.05, 4.69) is 6.92 Å². The minimum absolute atomic E-state index is 0.147. The van der Waals surface area contributed by atoms with Crippen LogP contribution in [-0.2, 0) is 4.79 Å². The Labute approximate surface area is 72.1 Å². The van der Waals surface area contributed by atoms with E-state index in [1.165, 1.54) is 12.8 Å². The smallest absolute Gasteiger partial charge is 0.141 e. The lowest BCUT2D eigenvalue weighted by molar-refractivity contribution is -0.108. The minimum Gasteiger partial charge on any atom is -0.301 e. The van der Waals surface area contributed by atoms with Gasteiger partial charge < -0.3 is 4.79 Å². The number of carbonyl (C=O) groups is 1. The Hall–Kier alpha value is -0.0400. The van der Waals surface area contributed by atoms with Crippen LogP contribution in [0.2, 0.25) is 0 Å². The number of hydrogen-bond donors (Lipinski definition) is 0. The lowest BCUT2D eigenvalue weighted by Gasteiger charge is -2.15. The van der Waals surface area contributed by atoms with E-state index in [0.29, 0.717) is 5.92 Å². The molecule has 3 atom stereocenters. The van der Waals surface area contributed by atoms with E-state index in [1.807, 2.05) is 0 Å². The van der Waals surface area contributed by atoms with Gasteiger partial charge in [-0.15, -0.1) is 11.6 Å². The number of halogens is 1. The van der Waals surface area contributed by atoms with E-state index in [4.69, 9.17) is 11.6 Å². The third kappa shape index (κ3) is 0.703. The van der Waals surface area contributed by atoms with Crippen LogP contribution in [0.5, 0.6) is 0 Å². The number of fused-ring (bicyclic) bond motifs is 1. The van der Waals surface area contributed by atoms with Gasteiger partial charge in [0.25, 0.3) is 0 Å². The quantitative estimate of drug-likeness (QED) is 0.439. The summed E-state index contributed by atoms with van der Waals surface area (Å²) in [4.78, 5) is 10.2. The average molecular weight is 173 g/mol. The van der Waals surface area contributed by atoms with Gasteiger partial charge in [0.15, 0.2) is 0 Å². The van der Waals surface area contributed by atoms with Gasteiger partial charge >= 0.3 is 0 Å². The fourth-order valence-corrected chi connectivity index (χ4v) is 3.23. The van der Waals surface area contributed by atoms with Crippen LogP contribution >= 0.6 is 11.6 Å². The predicted octanol–water partition coefficient (Wildman–Crippen LogP) is 2.37. The third-order valence-corrected chi connectivity index (χ3v) is 4.46. The normalized spacial score (nSPS) is 54.9. The summed E-state index contributed by atoms with van der Waals surface area (Å²) in [5.74, 6) is 0.475. The van der Waals surface area contributed by atoms with E-state index in [0.717, 1.165) is 19.1 Å². The van der Waals surface area contributed by atoms with Crippen LogP contribution in [-0.4, -0.2) is 11.2 Å². The zero-order valence-electron chi connectivity index (χ0n) is 6.77. The van der Waals surface area contributed by atoms with E-state index < -0.39 is 4.87 Å². The molecule has 0 N–H and O–H groups in total. The fraction of sp³-hybridized carbons (Fsp3) is 0.889. The van der Waals surface area contributed by atoms with Crippen molar-refractivity contribution >= 4 is 17.9 Å². The summed E-state index contributed by atoms with van der Waals surface area (Å²) >= 11 is 6.17. The van der Waals surface area contributed by atoms with E-state index in [-0.39, 0.29) is 5.41 Å². The molecule has 62 valence electrons. The Bertz CT molecular complexity index is 204. The van der Waals surface area contributed by atoms with Gasteiger partial charge in [0.1, 0.15) is 11.2 Å². The van der Waals surface area contributed by atoms with Crippen molar-refractivity contribution in [3.63, 3.8) is 0 Å². The highest BCUT2D eigenvalue weighted by molar-refractivity contribution is 6.35. The van der Waals surface area contributed by atoms with Crippen molar-refractivity contribution in [2.24, 2.45) is 11.3 Å². The summed E-state index contributed by atoms with van der Waals surface area (Å²) in [6.07, 6.45) is 5.75. The second-order valence-electron chi connectivity index (χ2n) is 4.10. The number of alkyl halides is 1. The summed E-state index contributed by atoms with van der Waals surface area (Å²) < 4.78 is 0. The van der Waals surface area contributed by atoms with Crippen LogP contribution in [0.15, 0.2) is 0 Å². The molecule has 1 nitrogen and oxygen atoms in total. The van der Waals surface area contributed by atoms with Gasteiger partial charge in [-0.2, -0.15) is 0 Å². The van der Waals surface area contributed by atoms with Gasteiger partial charge in [0, 0.05) is 0 Å². The van der Waals surface area contributed by atoms with Crippen LogP contribution in [0.4, 0.5) is 0 Å². The first-order valence-corrected chi connectivity index (χ1v) is 4.68. The zero-order valence-corrected chi connectivity index (χ0v) is 7.53. The molecule has 2 saturated carbocycles. The van der Waals surface area contributed by atoms with E-state index in [1.54, 1.807) is 0 Å². The molecule has 2 fully saturated rings. The molecule has 2 aliphatic carbocycles.